The maximum absolute atomic E-state index is 12.1. The molecule has 0 unspecified atom stereocenters. The SMILES string of the molecule is Cl.Cn1cnc2cc(C(=O)Nc3nccs3)ccc2c1=O. The number of nitrogens with one attached hydrogen (secondary N) is 1. The quantitative estimate of drug-likeness (QED) is 0.783. The van der Waals surface area contributed by atoms with Crippen molar-refractivity contribution in [3.63, 3.8) is 0 Å². The van der Waals surface area contributed by atoms with Crippen LogP contribution in [-0.4, -0.2) is 20.4 Å². The second-order valence-corrected chi connectivity index (χ2v) is 5.08. The van der Waals surface area contributed by atoms with Gasteiger partial charge in [-0.15, -0.1) is 23.7 Å². The van der Waals surface area contributed by atoms with E-state index in [1.807, 2.05) is 0 Å². The second-order valence-electron chi connectivity index (χ2n) is 4.18. The lowest BCUT2D eigenvalue weighted by molar-refractivity contribution is 0.102. The molecule has 21 heavy (non-hydrogen) atoms. The third-order valence-corrected chi connectivity index (χ3v) is 3.52. The number of nitrogens with zero attached hydrogens (tertiary/aromatic N) is 3. The molecule has 0 aliphatic heterocycles. The first-order valence-corrected chi connectivity index (χ1v) is 6.69. The highest BCUT2D eigenvalue weighted by atomic mass is 35.5. The van der Waals surface area contributed by atoms with Crippen LogP contribution in [0, 0.1) is 0 Å². The molecular formula is C13H11ClN4O2S. The molecule has 3 aromatic rings. The average Bonchev–Trinajstić information content (AvgIpc) is 2.95. The molecule has 1 amide bonds. The summed E-state index contributed by atoms with van der Waals surface area (Å²) in [5.74, 6) is -0.274. The first-order chi connectivity index (χ1) is 9.65. The Balaban J connectivity index is 0.00000161. The van der Waals surface area contributed by atoms with Crippen LogP contribution in [0.4, 0.5) is 5.13 Å². The fourth-order valence-electron chi connectivity index (χ4n) is 1.81. The summed E-state index contributed by atoms with van der Waals surface area (Å²) in [6, 6.07) is 4.81. The summed E-state index contributed by atoms with van der Waals surface area (Å²) in [7, 11) is 1.64. The van der Waals surface area contributed by atoms with Crippen molar-refractivity contribution in [3.05, 3.63) is 52.0 Å². The molecule has 8 heteroatoms. The van der Waals surface area contributed by atoms with Crippen molar-refractivity contribution in [1.29, 1.82) is 0 Å². The summed E-state index contributed by atoms with van der Waals surface area (Å²) >= 11 is 1.34. The molecule has 0 atom stereocenters. The number of hydrogen-bond donors (Lipinski definition) is 1. The van der Waals surface area contributed by atoms with Gasteiger partial charge in [-0.1, -0.05) is 0 Å². The van der Waals surface area contributed by atoms with Crippen LogP contribution in [0.2, 0.25) is 0 Å². The number of carbonyl (C=O) groups excluding carboxylic acids is 1. The summed E-state index contributed by atoms with van der Waals surface area (Å²) in [4.78, 5) is 32.1. The van der Waals surface area contributed by atoms with Crippen LogP contribution >= 0.6 is 23.7 Å². The third kappa shape index (κ3) is 2.93. The minimum atomic E-state index is -0.274. The molecule has 0 fully saturated rings. The summed E-state index contributed by atoms with van der Waals surface area (Å²) < 4.78 is 1.40. The van der Waals surface area contributed by atoms with Crippen molar-refractivity contribution in [1.82, 2.24) is 14.5 Å². The largest absolute Gasteiger partial charge is 0.302 e. The van der Waals surface area contributed by atoms with Gasteiger partial charge < -0.3 is 4.57 Å². The van der Waals surface area contributed by atoms with Crippen LogP contribution in [0.25, 0.3) is 10.9 Å². The highest BCUT2D eigenvalue weighted by Gasteiger charge is 2.10. The van der Waals surface area contributed by atoms with Crippen molar-refractivity contribution < 1.29 is 4.79 Å². The van der Waals surface area contributed by atoms with Gasteiger partial charge in [0.15, 0.2) is 5.13 Å². The zero-order valence-corrected chi connectivity index (χ0v) is 12.6. The number of fused-ring (bicyclic) bond motifs is 1. The third-order valence-electron chi connectivity index (χ3n) is 2.83. The summed E-state index contributed by atoms with van der Waals surface area (Å²) in [6.45, 7) is 0. The van der Waals surface area contributed by atoms with Gasteiger partial charge in [0.05, 0.1) is 17.2 Å². The Morgan fingerprint density at radius 3 is 2.86 bits per heavy atom. The summed E-state index contributed by atoms with van der Waals surface area (Å²) in [5, 5.41) is 5.49. The molecule has 108 valence electrons. The van der Waals surface area contributed by atoms with Gasteiger partial charge >= 0.3 is 0 Å². The highest BCUT2D eigenvalue weighted by Crippen LogP contribution is 2.14. The molecule has 0 radical (unpaired) electrons. The van der Waals surface area contributed by atoms with Crippen molar-refractivity contribution in [2.75, 3.05) is 5.32 Å². The molecule has 1 N–H and O–H groups in total. The number of benzene rings is 1. The van der Waals surface area contributed by atoms with Gasteiger partial charge in [-0.05, 0) is 18.2 Å². The number of rotatable bonds is 2. The van der Waals surface area contributed by atoms with E-state index in [0.29, 0.717) is 21.6 Å². The number of hydrogen-bond acceptors (Lipinski definition) is 5. The second kappa shape index (κ2) is 6.02. The molecule has 6 nitrogen and oxygen atoms in total. The Hall–Kier alpha value is -2.25. The highest BCUT2D eigenvalue weighted by molar-refractivity contribution is 7.13. The number of halogens is 1. The van der Waals surface area contributed by atoms with E-state index in [2.05, 4.69) is 15.3 Å². The number of amides is 1. The first-order valence-electron chi connectivity index (χ1n) is 5.81. The molecule has 2 heterocycles. The summed E-state index contributed by atoms with van der Waals surface area (Å²) in [5.41, 5.74) is 0.801. The lowest BCUT2D eigenvalue weighted by Gasteiger charge is -2.04. The van der Waals surface area contributed by atoms with Crippen LogP contribution in [0.3, 0.4) is 0 Å². The number of thiazole rings is 1. The van der Waals surface area contributed by atoms with Crippen LogP contribution in [-0.2, 0) is 7.05 Å². The minimum absolute atomic E-state index is 0. The molecule has 0 saturated carbocycles. The number of carbonyl (C=O) groups is 1. The predicted molar refractivity (Wildman–Crippen MR) is 84.3 cm³/mol. The molecule has 0 aliphatic rings. The fourth-order valence-corrected chi connectivity index (χ4v) is 2.33. The van der Waals surface area contributed by atoms with Gasteiger partial charge in [-0.2, -0.15) is 0 Å². The zero-order valence-electron chi connectivity index (χ0n) is 10.9. The minimum Gasteiger partial charge on any atom is -0.302 e. The normalized spacial score (nSPS) is 10.1. The maximum Gasteiger partial charge on any atom is 0.260 e. The van der Waals surface area contributed by atoms with E-state index >= 15 is 0 Å². The van der Waals surface area contributed by atoms with Gasteiger partial charge in [-0.3, -0.25) is 14.9 Å². The summed E-state index contributed by atoms with van der Waals surface area (Å²) in [6.07, 6.45) is 3.05. The molecule has 0 bridgehead atoms. The topological polar surface area (TPSA) is 76.9 Å². The van der Waals surface area contributed by atoms with Gasteiger partial charge in [0.2, 0.25) is 0 Å². The Morgan fingerprint density at radius 2 is 2.14 bits per heavy atom. The van der Waals surface area contributed by atoms with Crippen molar-refractivity contribution >= 4 is 45.7 Å². The van der Waals surface area contributed by atoms with Crippen molar-refractivity contribution in [2.45, 2.75) is 0 Å². The molecule has 0 saturated heterocycles. The lowest BCUT2D eigenvalue weighted by atomic mass is 10.1. The molecule has 3 rings (SSSR count). The average molecular weight is 323 g/mol. The van der Waals surface area contributed by atoms with E-state index in [-0.39, 0.29) is 23.9 Å². The van der Waals surface area contributed by atoms with Crippen molar-refractivity contribution in [3.8, 4) is 0 Å². The predicted octanol–water partition coefficient (Wildman–Crippen LogP) is 2.06. The van der Waals surface area contributed by atoms with Gasteiger partial charge in [0.1, 0.15) is 0 Å². The van der Waals surface area contributed by atoms with Crippen LogP contribution in [0.1, 0.15) is 10.4 Å². The zero-order chi connectivity index (χ0) is 14.1. The Labute approximate surface area is 129 Å². The van der Waals surface area contributed by atoms with E-state index in [0.717, 1.165) is 0 Å². The molecule has 0 spiro atoms. The van der Waals surface area contributed by atoms with E-state index in [1.165, 1.54) is 22.2 Å². The van der Waals surface area contributed by atoms with Gasteiger partial charge in [-0.25, -0.2) is 9.97 Å². The molecular weight excluding hydrogens is 312 g/mol. The first kappa shape index (κ1) is 15.1. The number of aryl methyl sites for hydroxylation is 1. The molecule has 2 aromatic heterocycles. The molecule has 1 aromatic carbocycles. The fraction of sp³-hybridized carbons (Fsp3) is 0.0769. The Kier molecular flexibility index (Phi) is 4.35. The van der Waals surface area contributed by atoms with Gasteiger partial charge in [0, 0.05) is 24.2 Å². The van der Waals surface area contributed by atoms with Crippen LogP contribution in [0.15, 0.2) is 40.9 Å². The van der Waals surface area contributed by atoms with E-state index in [9.17, 15) is 9.59 Å². The Bertz CT molecular complexity index is 845. The maximum atomic E-state index is 12.1. The van der Waals surface area contributed by atoms with Crippen molar-refractivity contribution in [2.24, 2.45) is 7.05 Å². The van der Waals surface area contributed by atoms with E-state index in [4.69, 9.17) is 0 Å². The Morgan fingerprint density at radius 1 is 1.33 bits per heavy atom. The van der Waals surface area contributed by atoms with Crippen LogP contribution < -0.4 is 10.9 Å². The van der Waals surface area contributed by atoms with Gasteiger partial charge in [0.25, 0.3) is 11.5 Å². The molecule has 0 aliphatic carbocycles. The van der Waals surface area contributed by atoms with E-state index in [1.54, 1.807) is 36.8 Å². The van der Waals surface area contributed by atoms with Crippen LogP contribution in [0.5, 0.6) is 0 Å². The van der Waals surface area contributed by atoms with E-state index < -0.39 is 0 Å². The smallest absolute Gasteiger partial charge is 0.260 e. The number of anilines is 1. The number of aromatic nitrogens is 3. The monoisotopic (exact) mass is 322 g/mol. The lowest BCUT2D eigenvalue weighted by Crippen LogP contribution is -2.17. The standard InChI is InChI=1S/C13H10N4O2S.ClH/c1-17-7-15-10-6-8(2-3-9(10)12(17)19)11(18)16-13-14-4-5-20-13;/h2-7H,1H3,(H,14,16,18);1H.